The molecule has 0 aliphatic carbocycles. The number of aromatic nitrogens is 3. The van der Waals surface area contributed by atoms with Crippen LogP contribution in [0.15, 0.2) is 17.2 Å². The Morgan fingerprint density at radius 1 is 1.21 bits per heavy atom. The van der Waals surface area contributed by atoms with Gasteiger partial charge in [-0.3, -0.25) is 19.4 Å². The minimum atomic E-state index is -0.905. The molecule has 2 N–H and O–H groups in total. The fourth-order valence-electron chi connectivity index (χ4n) is 3.67. The lowest BCUT2D eigenvalue weighted by atomic mass is 10.1. The summed E-state index contributed by atoms with van der Waals surface area (Å²) in [6.07, 6.45) is 3.89. The molecular weight excluding hydrogens is 409 g/mol. The van der Waals surface area contributed by atoms with Gasteiger partial charge in [-0.2, -0.15) is 4.98 Å². The molecule has 1 atom stereocenters. The van der Waals surface area contributed by atoms with Gasteiger partial charge in [-0.1, -0.05) is 23.2 Å². The van der Waals surface area contributed by atoms with Crippen LogP contribution in [0.3, 0.4) is 0 Å². The van der Waals surface area contributed by atoms with Gasteiger partial charge in [0.2, 0.25) is 5.75 Å². The van der Waals surface area contributed by atoms with Crippen molar-refractivity contribution in [1.82, 2.24) is 24.8 Å². The van der Waals surface area contributed by atoms with Crippen molar-refractivity contribution in [2.75, 3.05) is 13.1 Å². The summed E-state index contributed by atoms with van der Waals surface area (Å²) in [4.78, 5) is 46.8. The van der Waals surface area contributed by atoms with Gasteiger partial charge in [0.1, 0.15) is 5.82 Å². The Hall–Kier alpha value is -2.65. The number of hydrogen-bond acceptors (Lipinski definition) is 6. The Labute approximate surface area is 168 Å². The van der Waals surface area contributed by atoms with Crippen LogP contribution in [-0.4, -0.2) is 49.4 Å². The second-order valence-electron chi connectivity index (χ2n) is 6.51. The van der Waals surface area contributed by atoms with E-state index in [0.29, 0.717) is 32.5 Å². The number of nitrogens with zero attached hydrogens (tertiary/aromatic N) is 4. The molecule has 9 nitrogen and oxygen atoms in total. The van der Waals surface area contributed by atoms with Gasteiger partial charge >= 0.3 is 5.56 Å². The summed E-state index contributed by atoms with van der Waals surface area (Å²) in [5.41, 5.74) is -0.916. The molecule has 0 unspecified atom stereocenters. The van der Waals surface area contributed by atoms with E-state index in [1.807, 2.05) is 0 Å². The minimum Gasteiger partial charge on any atom is -0.501 e. The van der Waals surface area contributed by atoms with Crippen molar-refractivity contribution in [3.8, 4) is 5.75 Å². The standard InChI is InChI=1S/C17H15Cl2N5O4/c18-8-6-20-7-9(19)11(8)17(28)23-4-1-2-10(23)14-22-16(27)13(25)12-15(26)21-3-5-24(12)14/h6-7,10,25H,1-5H2,(H,21,26)/t10-/m0/s1. The highest BCUT2D eigenvalue weighted by Gasteiger charge is 2.37. The number of hydrogen-bond donors (Lipinski definition) is 2. The Balaban J connectivity index is 1.81. The molecule has 0 saturated carbocycles. The van der Waals surface area contributed by atoms with E-state index in [9.17, 15) is 19.5 Å². The maximum Gasteiger partial charge on any atom is 0.315 e. The van der Waals surface area contributed by atoms with E-state index in [0.717, 1.165) is 0 Å². The third kappa shape index (κ3) is 2.91. The molecule has 146 valence electrons. The number of likely N-dealkylation sites (tertiary alicyclic amines) is 1. The third-order valence-corrected chi connectivity index (χ3v) is 5.48. The fraction of sp³-hybridized carbons (Fsp3) is 0.353. The maximum absolute atomic E-state index is 13.1. The smallest absolute Gasteiger partial charge is 0.315 e. The summed E-state index contributed by atoms with van der Waals surface area (Å²) < 4.78 is 1.50. The topological polar surface area (TPSA) is 117 Å². The van der Waals surface area contributed by atoms with Crippen LogP contribution in [0.1, 0.15) is 45.6 Å². The second kappa shape index (κ2) is 7.06. The van der Waals surface area contributed by atoms with Gasteiger partial charge < -0.3 is 19.9 Å². The zero-order valence-electron chi connectivity index (χ0n) is 14.5. The molecule has 0 bridgehead atoms. The predicted molar refractivity (Wildman–Crippen MR) is 99.8 cm³/mol. The van der Waals surface area contributed by atoms with Gasteiger partial charge in [0.25, 0.3) is 11.8 Å². The number of pyridine rings is 1. The van der Waals surface area contributed by atoms with Gasteiger partial charge in [-0.25, -0.2) is 0 Å². The zero-order valence-corrected chi connectivity index (χ0v) is 16.0. The van der Waals surface area contributed by atoms with Crippen molar-refractivity contribution < 1.29 is 14.7 Å². The molecule has 2 aromatic heterocycles. The van der Waals surface area contributed by atoms with Crippen LogP contribution in [0, 0.1) is 0 Å². The summed E-state index contributed by atoms with van der Waals surface area (Å²) in [7, 11) is 0. The maximum atomic E-state index is 13.1. The van der Waals surface area contributed by atoms with Crippen molar-refractivity contribution in [3.05, 3.63) is 49.9 Å². The number of carbonyl (C=O) groups excluding carboxylic acids is 2. The molecule has 28 heavy (non-hydrogen) atoms. The summed E-state index contributed by atoms with van der Waals surface area (Å²) in [5.74, 6) is -1.39. The first-order chi connectivity index (χ1) is 13.4. The molecule has 4 heterocycles. The highest BCUT2D eigenvalue weighted by molar-refractivity contribution is 6.39. The van der Waals surface area contributed by atoms with Gasteiger partial charge in [0, 0.05) is 32.0 Å². The van der Waals surface area contributed by atoms with Gasteiger partial charge in [0.05, 0.1) is 21.7 Å². The van der Waals surface area contributed by atoms with E-state index in [2.05, 4.69) is 15.3 Å². The zero-order chi connectivity index (χ0) is 20.0. The number of carbonyl (C=O) groups is 2. The highest BCUT2D eigenvalue weighted by Crippen LogP contribution is 2.35. The van der Waals surface area contributed by atoms with E-state index in [1.165, 1.54) is 21.9 Å². The molecule has 0 spiro atoms. The quantitative estimate of drug-likeness (QED) is 0.752. The van der Waals surface area contributed by atoms with E-state index in [-0.39, 0.29) is 27.1 Å². The monoisotopic (exact) mass is 423 g/mol. The van der Waals surface area contributed by atoms with Crippen molar-refractivity contribution >= 4 is 35.0 Å². The second-order valence-corrected chi connectivity index (χ2v) is 7.33. The lowest BCUT2D eigenvalue weighted by molar-refractivity contribution is 0.0725. The van der Waals surface area contributed by atoms with Gasteiger partial charge in [-0.15, -0.1) is 0 Å². The number of aromatic hydroxyl groups is 1. The van der Waals surface area contributed by atoms with Crippen LogP contribution >= 0.6 is 23.2 Å². The van der Waals surface area contributed by atoms with Crippen molar-refractivity contribution in [2.24, 2.45) is 0 Å². The molecule has 0 aromatic carbocycles. The molecule has 2 aliphatic heterocycles. The Bertz CT molecular complexity index is 1030. The number of fused-ring (bicyclic) bond motifs is 1. The van der Waals surface area contributed by atoms with Crippen molar-refractivity contribution in [1.29, 1.82) is 0 Å². The minimum absolute atomic E-state index is 0.125. The van der Waals surface area contributed by atoms with Crippen LogP contribution in [-0.2, 0) is 6.54 Å². The Kier molecular flexibility index (Phi) is 4.72. The van der Waals surface area contributed by atoms with Gasteiger partial charge in [-0.05, 0) is 12.8 Å². The molecule has 2 amide bonds. The van der Waals surface area contributed by atoms with E-state index in [1.54, 1.807) is 0 Å². The van der Waals surface area contributed by atoms with Crippen LogP contribution in [0.25, 0.3) is 0 Å². The van der Waals surface area contributed by atoms with Crippen LogP contribution in [0.4, 0.5) is 0 Å². The molecule has 1 saturated heterocycles. The lowest BCUT2D eigenvalue weighted by Gasteiger charge is -2.29. The van der Waals surface area contributed by atoms with Crippen LogP contribution in [0.5, 0.6) is 5.75 Å². The number of rotatable bonds is 2. The molecule has 2 aliphatic rings. The first-order valence-electron chi connectivity index (χ1n) is 8.62. The first-order valence-corrected chi connectivity index (χ1v) is 9.37. The SMILES string of the molecule is O=C1NCCn2c([C@@H]3CCCN3C(=O)c3c(Cl)cncc3Cl)nc(=O)c(O)c21. The first kappa shape index (κ1) is 18.7. The van der Waals surface area contributed by atoms with E-state index < -0.39 is 29.2 Å². The average Bonchev–Trinajstić information content (AvgIpc) is 3.14. The van der Waals surface area contributed by atoms with E-state index >= 15 is 0 Å². The summed E-state index contributed by atoms with van der Waals surface area (Å²) in [5, 5.41) is 12.9. The van der Waals surface area contributed by atoms with Crippen LogP contribution in [0.2, 0.25) is 10.0 Å². The number of nitrogens with one attached hydrogen (secondary N) is 1. The lowest BCUT2D eigenvalue weighted by Crippen LogP contribution is -2.42. The summed E-state index contributed by atoms with van der Waals surface area (Å²) >= 11 is 12.3. The molecule has 0 radical (unpaired) electrons. The molecule has 4 rings (SSSR count). The molecule has 11 heteroatoms. The third-order valence-electron chi connectivity index (χ3n) is 4.90. The predicted octanol–water partition coefficient (Wildman–Crippen LogP) is 1.37. The molecule has 1 fully saturated rings. The summed E-state index contributed by atoms with van der Waals surface area (Å²) in [6.45, 7) is 1.06. The number of amides is 2. The van der Waals surface area contributed by atoms with Crippen molar-refractivity contribution in [2.45, 2.75) is 25.4 Å². The highest BCUT2D eigenvalue weighted by atomic mass is 35.5. The normalized spacial score (nSPS) is 18.7. The molecule has 2 aromatic rings. The largest absolute Gasteiger partial charge is 0.501 e. The van der Waals surface area contributed by atoms with E-state index in [4.69, 9.17) is 23.2 Å². The van der Waals surface area contributed by atoms with Crippen molar-refractivity contribution in [3.63, 3.8) is 0 Å². The fourth-order valence-corrected chi connectivity index (χ4v) is 4.20. The molecular formula is C17H15Cl2N5O4. The van der Waals surface area contributed by atoms with Crippen LogP contribution < -0.4 is 10.9 Å². The number of halogens is 2. The summed E-state index contributed by atoms with van der Waals surface area (Å²) in [6, 6.07) is -0.550. The average molecular weight is 424 g/mol. The Morgan fingerprint density at radius 3 is 2.64 bits per heavy atom. The Morgan fingerprint density at radius 2 is 1.93 bits per heavy atom. The van der Waals surface area contributed by atoms with Gasteiger partial charge in [0.15, 0.2) is 5.69 Å².